The van der Waals surface area contributed by atoms with Crippen molar-refractivity contribution >= 4 is 5.91 Å². The Morgan fingerprint density at radius 1 is 1.07 bits per heavy atom. The molecule has 0 aliphatic rings. The van der Waals surface area contributed by atoms with Crippen LogP contribution in [0.15, 0.2) is 67.3 Å². The Labute approximate surface area is 165 Å². The Kier molecular flexibility index (Phi) is 6.81. The molecule has 6 heteroatoms. The first kappa shape index (κ1) is 19.6. The summed E-state index contributed by atoms with van der Waals surface area (Å²) in [4.78, 5) is 18.5. The van der Waals surface area contributed by atoms with Crippen molar-refractivity contribution in [1.29, 1.82) is 0 Å². The predicted molar refractivity (Wildman–Crippen MR) is 109 cm³/mol. The zero-order valence-corrected chi connectivity index (χ0v) is 16.3. The molecule has 0 atom stereocenters. The first-order chi connectivity index (χ1) is 13.6. The summed E-state index contributed by atoms with van der Waals surface area (Å²) >= 11 is 0. The molecule has 0 aliphatic heterocycles. The van der Waals surface area contributed by atoms with Crippen LogP contribution in [0.1, 0.15) is 21.5 Å². The van der Waals surface area contributed by atoms with Gasteiger partial charge in [-0.1, -0.05) is 24.3 Å². The number of nitrogens with one attached hydrogen (secondary N) is 1. The second-order valence-corrected chi connectivity index (χ2v) is 6.91. The Balaban J connectivity index is 1.47. The fourth-order valence-corrected chi connectivity index (χ4v) is 2.69. The number of nitrogens with zero attached hydrogens (tertiary/aromatic N) is 3. The van der Waals surface area contributed by atoms with Crippen LogP contribution in [0.2, 0.25) is 0 Å². The number of hydrogen-bond donors (Lipinski definition) is 1. The fourth-order valence-electron chi connectivity index (χ4n) is 2.69. The van der Waals surface area contributed by atoms with Crippen LogP contribution < -0.4 is 10.1 Å². The maximum Gasteiger partial charge on any atom is 0.251 e. The Bertz CT molecular complexity index is 857. The summed E-state index contributed by atoms with van der Waals surface area (Å²) in [5, 5.41) is 2.96. The molecule has 0 aliphatic carbocycles. The molecule has 0 saturated heterocycles. The van der Waals surface area contributed by atoms with Crippen molar-refractivity contribution in [2.75, 3.05) is 27.2 Å². The smallest absolute Gasteiger partial charge is 0.251 e. The van der Waals surface area contributed by atoms with Crippen LogP contribution in [0.4, 0.5) is 0 Å². The van der Waals surface area contributed by atoms with Gasteiger partial charge in [0.25, 0.3) is 5.91 Å². The summed E-state index contributed by atoms with van der Waals surface area (Å²) < 4.78 is 7.67. The highest BCUT2D eigenvalue weighted by Crippen LogP contribution is 2.12. The zero-order chi connectivity index (χ0) is 19.8. The van der Waals surface area contributed by atoms with E-state index in [1.54, 1.807) is 12.5 Å². The highest BCUT2D eigenvalue weighted by atomic mass is 16.5. The van der Waals surface area contributed by atoms with Crippen LogP contribution >= 0.6 is 0 Å². The Morgan fingerprint density at radius 3 is 2.43 bits per heavy atom. The van der Waals surface area contributed by atoms with Gasteiger partial charge in [-0.05, 0) is 49.5 Å². The van der Waals surface area contributed by atoms with Crippen LogP contribution in [0.3, 0.4) is 0 Å². The lowest BCUT2D eigenvalue weighted by molar-refractivity contribution is 0.0951. The molecule has 1 amide bonds. The van der Waals surface area contributed by atoms with Crippen LogP contribution in [-0.2, 0) is 13.1 Å². The van der Waals surface area contributed by atoms with Crippen molar-refractivity contribution in [3.63, 3.8) is 0 Å². The molecule has 0 radical (unpaired) electrons. The molecule has 0 unspecified atom stereocenters. The number of hydrogen-bond acceptors (Lipinski definition) is 4. The summed E-state index contributed by atoms with van der Waals surface area (Å²) in [6.45, 7) is 2.75. The minimum atomic E-state index is -0.0829. The lowest BCUT2D eigenvalue weighted by Gasteiger charge is -2.11. The van der Waals surface area contributed by atoms with Crippen LogP contribution in [0.5, 0.6) is 5.75 Å². The van der Waals surface area contributed by atoms with Gasteiger partial charge in [-0.25, -0.2) is 4.98 Å². The third kappa shape index (κ3) is 5.96. The molecule has 3 rings (SSSR count). The Morgan fingerprint density at radius 2 is 1.79 bits per heavy atom. The van der Waals surface area contributed by atoms with Gasteiger partial charge in [-0.3, -0.25) is 4.79 Å². The minimum absolute atomic E-state index is 0.0829. The summed E-state index contributed by atoms with van der Waals surface area (Å²) in [6.07, 6.45) is 5.45. The molecule has 0 saturated carbocycles. The molecule has 146 valence electrons. The molecular formula is C22H26N4O2. The maximum absolute atomic E-state index is 12.4. The fraction of sp³-hybridized carbons (Fsp3) is 0.273. The molecule has 1 heterocycles. The second kappa shape index (κ2) is 9.71. The summed E-state index contributed by atoms with van der Waals surface area (Å²) in [5.74, 6) is 0.755. The van der Waals surface area contributed by atoms with E-state index in [4.69, 9.17) is 4.74 Å². The normalized spacial score (nSPS) is 10.8. The number of benzene rings is 2. The average molecular weight is 378 g/mol. The van der Waals surface area contributed by atoms with Crippen molar-refractivity contribution in [2.24, 2.45) is 0 Å². The van der Waals surface area contributed by atoms with Crippen molar-refractivity contribution in [3.05, 3.63) is 83.9 Å². The van der Waals surface area contributed by atoms with E-state index in [0.717, 1.165) is 30.0 Å². The van der Waals surface area contributed by atoms with Crippen molar-refractivity contribution in [2.45, 2.75) is 13.1 Å². The van der Waals surface area contributed by atoms with Crippen molar-refractivity contribution < 1.29 is 9.53 Å². The highest BCUT2D eigenvalue weighted by molar-refractivity contribution is 5.94. The number of amides is 1. The third-order valence-corrected chi connectivity index (χ3v) is 4.32. The SMILES string of the molecule is CN(C)CCOc1ccc(CNC(=O)c2ccc(Cn3ccnc3)cc2)cc1. The van der Waals surface area contributed by atoms with E-state index >= 15 is 0 Å². The number of imidazole rings is 1. The molecule has 28 heavy (non-hydrogen) atoms. The van der Waals surface area contributed by atoms with E-state index in [9.17, 15) is 4.79 Å². The number of aromatic nitrogens is 2. The van der Waals surface area contributed by atoms with Gasteiger partial charge >= 0.3 is 0 Å². The largest absolute Gasteiger partial charge is 0.492 e. The number of carbonyl (C=O) groups is 1. The summed E-state index contributed by atoms with van der Waals surface area (Å²) in [7, 11) is 4.03. The highest BCUT2D eigenvalue weighted by Gasteiger charge is 2.06. The first-order valence-corrected chi connectivity index (χ1v) is 9.29. The standard InChI is InChI=1S/C22H26N4O2/c1-25(2)13-14-28-21-9-5-18(6-10-21)15-24-22(27)20-7-3-19(4-8-20)16-26-12-11-23-17-26/h3-12,17H,13-16H2,1-2H3,(H,24,27). The van der Waals surface area contributed by atoms with Gasteiger partial charge < -0.3 is 19.5 Å². The molecule has 3 aromatic rings. The van der Waals surface area contributed by atoms with Gasteiger partial charge in [-0.15, -0.1) is 0 Å². The van der Waals surface area contributed by atoms with Crippen molar-refractivity contribution in [1.82, 2.24) is 19.8 Å². The summed E-state index contributed by atoms with van der Waals surface area (Å²) in [6, 6.07) is 15.4. The Hall–Kier alpha value is -3.12. The molecule has 2 aromatic carbocycles. The van der Waals surface area contributed by atoms with E-state index in [2.05, 4.69) is 15.2 Å². The molecule has 1 N–H and O–H groups in total. The van der Waals surface area contributed by atoms with Crippen LogP contribution in [0, 0.1) is 0 Å². The number of carbonyl (C=O) groups excluding carboxylic acids is 1. The van der Waals surface area contributed by atoms with Gasteiger partial charge in [0.15, 0.2) is 0 Å². The quantitative estimate of drug-likeness (QED) is 0.622. The van der Waals surface area contributed by atoms with Gasteiger partial charge in [0.1, 0.15) is 12.4 Å². The van der Waals surface area contributed by atoms with E-state index in [1.165, 1.54) is 0 Å². The van der Waals surface area contributed by atoms with Gasteiger partial charge in [0.2, 0.25) is 0 Å². The molecule has 1 aromatic heterocycles. The third-order valence-electron chi connectivity index (χ3n) is 4.32. The monoisotopic (exact) mass is 378 g/mol. The van der Waals surface area contributed by atoms with Gasteiger partial charge in [0, 0.05) is 37.6 Å². The number of likely N-dealkylation sites (N-methyl/N-ethyl adjacent to an activating group) is 1. The van der Waals surface area contributed by atoms with Gasteiger partial charge in [0.05, 0.1) is 6.33 Å². The molecule has 0 fully saturated rings. The first-order valence-electron chi connectivity index (χ1n) is 9.29. The van der Waals surface area contributed by atoms with E-state index < -0.39 is 0 Å². The minimum Gasteiger partial charge on any atom is -0.492 e. The lowest BCUT2D eigenvalue weighted by atomic mass is 10.1. The van der Waals surface area contributed by atoms with E-state index in [1.807, 2.05) is 73.4 Å². The van der Waals surface area contributed by atoms with Crippen molar-refractivity contribution in [3.8, 4) is 5.75 Å². The number of ether oxygens (including phenoxy) is 1. The molecule has 6 nitrogen and oxygen atoms in total. The van der Waals surface area contributed by atoms with Gasteiger partial charge in [-0.2, -0.15) is 0 Å². The van der Waals surface area contributed by atoms with E-state index in [0.29, 0.717) is 18.7 Å². The second-order valence-electron chi connectivity index (χ2n) is 6.91. The zero-order valence-electron chi connectivity index (χ0n) is 16.3. The molecular weight excluding hydrogens is 352 g/mol. The van der Waals surface area contributed by atoms with Crippen LogP contribution in [0.25, 0.3) is 0 Å². The van der Waals surface area contributed by atoms with Crippen LogP contribution in [-0.4, -0.2) is 47.6 Å². The predicted octanol–water partition coefficient (Wildman–Crippen LogP) is 2.80. The molecule has 0 spiro atoms. The lowest BCUT2D eigenvalue weighted by Crippen LogP contribution is -2.22. The van der Waals surface area contributed by atoms with E-state index in [-0.39, 0.29) is 5.91 Å². The maximum atomic E-state index is 12.4. The number of rotatable bonds is 9. The molecule has 0 bridgehead atoms. The topological polar surface area (TPSA) is 59.4 Å². The average Bonchev–Trinajstić information content (AvgIpc) is 3.20. The summed E-state index contributed by atoms with van der Waals surface area (Å²) in [5.41, 5.74) is 2.81.